The highest BCUT2D eigenvalue weighted by molar-refractivity contribution is 5.93. The van der Waals surface area contributed by atoms with Crippen LogP contribution in [0.1, 0.15) is 10.4 Å². The average molecular weight is 244 g/mol. The third kappa shape index (κ3) is 2.24. The van der Waals surface area contributed by atoms with Gasteiger partial charge in [-0.3, -0.25) is 9.59 Å². The molecule has 2 aromatic rings. The normalized spacial score (nSPS) is 10.1. The summed E-state index contributed by atoms with van der Waals surface area (Å²) in [7, 11) is 1.57. The fourth-order valence-electron chi connectivity index (χ4n) is 1.64. The molecule has 1 amide bonds. The van der Waals surface area contributed by atoms with Crippen molar-refractivity contribution in [3.63, 3.8) is 0 Å². The molecule has 0 radical (unpaired) electrons. The summed E-state index contributed by atoms with van der Waals surface area (Å²) in [5.41, 5.74) is 6.11. The van der Waals surface area contributed by atoms with E-state index in [0.29, 0.717) is 11.3 Å². The van der Waals surface area contributed by atoms with Crippen LogP contribution in [0.25, 0.3) is 11.1 Å². The lowest BCUT2D eigenvalue weighted by Crippen LogP contribution is -2.23. The highest BCUT2D eigenvalue weighted by atomic mass is 16.5. The molecule has 18 heavy (non-hydrogen) atoms. The fourth-order valence-corrected chi connectivity index (χ4v) is 1.64. The molecule has 0 saturated carbocycles. The van der Waals surface area contributed by atoms with Crippen molar-refractivity contribution in [1.82, 2.24) is 4.98 Å². The second kappa shape index (κ2) is 4.75. The number of aromatic amines is 1. The van der Waals surface area contributed by atoms with Gasteiger partial charge in [-0.05, 0) is 29.3 Å². The lowest BCUT2D eigenvalue weighted by atomic mass is 10.1. The Balaban J connectivity index is 2.54. The molecule has 1 aromatic heterocycles. The molecule has 0 saturated heterocycles. The molecule has 0 spiro atoms. The number of carbonyl (C=O) groups excluding carboxylic acids is 1. The van der Waals surface area contributed by atoms with E-state index in [1.54, 1.807) is 13.2 Å². The van der Waals surface area contributed by atoms with Crippen LogP contribution in [-0.2, 0) is 0 Å². The van der Waals surface area contributed by atoms with Crippen molar-refractivity contribution in [2.75, 3.05) is 7.11 Å². The van der Waals surface area contributed by atoms with Crippen molar-refractivity contribution in [3.8, 4) is 16.9 Å². The van der Waals surface area contributed by atoms with Crippen molar-refractivity contribution >= 4 is 5.91 Å². The van der Waals surface area contributed by atoms with E-state index in [4.69, 9.17) is 10.5 Å². The highest BCUT2D eigenvalue weighted by Crippen LogP contribution is 2.22. The number of primary amides is 1. The first-order chi connectivity index (χ1) is 8.61. The van der Waals surface area contributed by atoms with Gasteiger partial charge in [0.25, 0.3) is 11.5 Å². The summed E-state index contributed by atoms with van der Waals surface area (Å²) < 4.78 is 5.11. The zero-order valence-corrected chi connectivity index (χ0v) is 9.77. The molecule has 5 nitrogen and oxygen atoms in total. The molecule has 0 aliphatic heterocycles. The number of carbonyl (C=O) groups is 1. The Bertz CT molecular complexity index is 647. The number of methoxy groups -OCH3 is 1. The number of hydrogen-bond donors (Lipinski definition) is 2. The van der Waals surface area contributed by atoms with E-state index in [2.05, 4.69) is 4.98 Å². The van der Waals surface area contributed by atoms with Crippen LogP contribution in [-0.4, -0.2) is 18.0 Å². The standard InChI is InChI=1S/C13H12N2O3/c1-18-10-4-2-3-8(5-10)9-6-11(12(14)16)13(17)15-7-9/h2-7H,1H3,(H2,14,16)(H,15,17). The Morgan fingerprint density at radius 3 is 2.72 bits per heavy atom. The first kappa shape index (κ1) is 11.9. The molecule has 2 rings (SSSR count). The molecular formula is C13H12N2O3. The number of nitrogens with two attached hydrogens (primary N) is 1. The summed E-state index contributed by atoms with van der Waals surface area (Å²) in [6.45, 7) is 0. The van der Waals surface area contributed by atoms with Gasteiger partial charge in [-0.1, -0.05) is 12.1 Å². The van der Waals surface area contributed by atoms with Crippen molar-refractivity contribution in [1.29, 1.82) is 0 Å². The maximum atomic E-state index is 11.4. The molecule has 0 aliphatic carbocycles. The van der Waals surface area contributed by atoms with Gasteiger partial charge in [0.15, 0.2) is 0 Å². The van der Waals surface area contributed by atoms with Crippen LogP contribution in [0, 0.1) is 0 Å². The summed E-state index contributed by atoms with van der Waals surface area (Å²) >= 11 is 0. The summed E-state index contributed by atoms with van der Waals surface area (Å²) in [5, 5.41) is 0. The van der Waals surface area contributed by atoms with Crippen LogP contribution >= 0.6 is 0 Å². The third-order valence-corrected chi connectivity index (χ3v) is 2.57. The van der Waals surface area contributed by atoms with Gasteiger partial charge >= 0.3 is 0 Å². The minimum absolute atomic E-state index is 0.0599. The lowest BCUT2D eigenvalue weighted by molar-refractivity contribution is 0.0999. The van der Waals surface area contributed by atoms with Gasteiger partial charge in [0, 0.05) is 6.20 Å². The van der Waals surface area contributed by atoms with E-state index in [9.17, 15) is 9.59 Å². The minimum atomic E-state index is -0.749. The van der Waals surface area contributed by atoms with E-state index < -0.39 is 11.5 Å². The summed E-state index contributed by atoms with van der Waals surface area (Å²) in [5.74, 6) is -0.0553. The third-order valence-electron chi connectivity index (χ3n) is 2.57. The van der Waals surface area contributed by atoms with Crippen molar-refractivity contribution in [2.24, 2.45) is 5.73 Å². The zero-order chi connectivity index (χ0) is 13.1. The first-order valence-corrected chi connectivity index (χ1v) is 5.29. The Labute approximate surface area is 103 Å². The number of aromatic nitrogens is 1. The summed E-state index contributed by atoms with van der Waals surface area (Å²) in [6, 6.07) is 8.75. The van der Waals surface area contributed by atoms with Gasteiger partial charge in [0.2, 0.25) is 0 Å². The second-order valence-corrected chi connectivity index (χ2v) is 3.73. The monoisotopic (exact) mass is 244 g/mol. The van der Waals surface area contributed by atoms with Crippen molar-refractivity contribution < 1.29 is 9.53 Å². The quantitative estimate of drug-likeness (QED) is 0.849. The Morgan fingerprint density at radius 1 is 1.28 bits per heavy atom. The highest BCUT2D eigenvalue weighted by Gasteiger charge is 2.08. The smallest absolute Gasteiger partial charge is 0.260 e. The van der Waals surface area contributed by atoms with Crippen LogP contribution in [0.5, 0.6) is 5.75 Å². The molecule has 0 aliphatic rings. The number of amides is 1. The van der Waals surface area contributed by atoms with Crippen molar-refractivity contribution in [3.05, 3.63) is 52.4 Å². The average Bonchev–Trinajstić information content (AvgIpc) is 2.39. The number of hydrogen-bond acceptors (Lipinski definition) is 3. The van der Waals surface area contributed by atoms with Crippen LogP contribution < -0.4 is 16.0 Å². The summed E-state index contributed by atoms with van der Waals surface area (Å²) in [6.07, 6.45) is 1.53. The van der Waals surface area contributed by atoms with E-state index in [0.717, 1.165) is 5.56 Å². The predicted octanol–water partition coefficient (Wildman–Crippen LogP) is 1.15. The molecule has 0 unspecified atom stereocenters. The van der Waals surface area contributed by atoms with Gasteiger partial charge in [-0.2, -0.15) is 0 Å². The molecule has 92 valence electrons. The van der Waals surface area contributed by atoms with E-state index in [-0.39, 0.29) is 5.56 Å². The van der Waals surface area contributed by atoms with E-state index in [1.807, 2.05) is 18.2 Å². The SMILES string of the molecule is COc1cccc(-c2c[nH]c(=O)c(C(N)=O)c2)c1. The van der Waals surface area contributed by atoms with Crippen LogP contribution in [0.3, 0.4) is 0 Å². The van der Waals surface area contributed by atoms with Gasteiger partial charge in [-0.25, -0.2) is 0 Å². The van der Waals surface area contributed by atoms with Crippen molar-refractivity contribution in [2.45, 2.75) is 0 Å². The molecule has 1 heterocycles. The molecule has 0 atom stereocenters. The van der Waals surface area contributed by atoms with E-state index in [1.165, 1.54) is 12.3 Å². The lowest BCUT2D eigenvalue weighted by Gasteiger charge is -2.05. The number of pyridine rings is 1. The number of nitrogens with one attached hydrogen (secondary N) is 1. The molecule has 1 aromatic carbocycles. The van der Waals surface area contributed by atoms with Crippen LogP contribution in [0.15, 0.2) is 41.3 Å². The Kier molecular flexibility index (Phi) is 3.14. The molecular weight excluding hydrogens is 232 g/mol. The van der Waals surface area contributed by atoms with E-state index >= 15 is 0 Å². The van der Waals surface area contributed by atoms with Crippen LogP contribution in [0.2, 0.25) is 0 Å². The number of benzene rings is 1. The molecule has 0 fully saturated rings. The number of rotatable bonds is 3. The van der Waals surface area contributed by atoms with Crippen LogP contribution in [0.4, 0.5) is 0 Å². The van der Waals surface area contributed by atoms with Gasteiger partial charge in [-0.15, -0.1) is 0 Å². The zero-order valence-electron chi connectivity index (χ0n) is 9.77. The fraction of sp³-hybridized carbons (Fsp3) is 0.0769. The second-order valence-electron chi connectivity index (χ2n) is 3.73. The summed E-state index contributed by atoms with van der Waals surface area (Å²) in [4.78, 5) is 25.0. The Morgan fingerprint density at radius 2 is 2.06 bits per heavy atom. The van der Waals surface area contributed by atoms with Gasteiger partial charge < -0.3 is 15.5 Å². The Hall–Kier alpha value is -2.56. The molecule has 3 N–H and O–H groups in total. The van der Waals surface area contributed by atoms with Gasteiger partial charge in [0.1, 0.15) is 11.3 Å². The predicted molar refractivity (Wildman–Crippen MR) is 67.6 cm³/mol. The molecule has 5 heteroatoms. The molecule has 0 bridgehead atoms. The first-order valence-electron chi connectivity index (χ1n) is 5.29. The maximum absolute atomic E-state index is 11.4. The number of H-pyrrole nitrogens is 1. The number of ether oxygens (including phenoxy) is 1. The van der Waals surface area contributed by atoms with Gasteiger partial charge in [0.05, 0.1) is 7.11 Å². The minimum Gasteiger partial charge on any atom is -0.497 e. The topological polar surface area (TPSA) is 85.2 Å². The maximum Gasteiger partial charge on any atom is 0.260 e. The largest absolute Gasteiger partial charge is 0.497 e.